The molecule has 0 aromatic heterocycles. The summed E-state index contributed by atoms with van der Waals surface area (Å²) < 4.78 is 13.7. The van der Waals surface area contributed by atoms with Crippen LogP contribution < -0.4 is 5.32 Å². The zero-order valence-corrected chi connectivity index (χ0v) is 11.8. The lowest BCUT2D eigenvalue weighted by Gasteiger charge is -2.16. The summed E-state index contributed by atoms with van der Waals surface area (Å²) in [6.07, 6.45) is 0. The zero-order valence-electron chi connectivity index (χ0n) is 11.1. The van der Waals surface area contributed by atoms with Gasteiger partial charge in [-0.05, 0) is 37.1 Å². The van der Waals surface area contributed by atoms with Crippen molar-refractivity contribution in [1.29, 1.82) is 0 Å². The average molecular weight is 278 g/mol. The Bertz CT molecular complexity index is 568. The molecule has 2 aromatic rings. The molecule has 100 valence electrons. The fourth-order valence-electron chi connectivity index (χ4n) is 2.11. The van der Waals surface area contributed by atoms with E-state index in [0.717, 1.165) is 0 Å². The molecule has 0 heterocycles. The highest BCUT2D eigenvalue weighted by Gasteiger charge is 2.09. The number of aryl methyl sites for hydroxylation is 1. The van der Waals surface area contributed by atoms with Crippen LogP contribution >= 0.6 is 11.6 Å². The summed E-state index contributed by atoms with van der Waals surface area (Å²) in [6.45, 7) is 4.64. The van der Waals surface area contributed by atoms with Gasteiger partial charge in [-0.3, -0.25) is 0 Å². The van der Waals surface area contributed by atoms with Crippen LogP contribution in [-0.4, -0.2) is 0 Å². The Hall–Kier alpha value is -1.38. The first kappa shape index (κ1) is 14.0. The van der Waals surface area contributed by atoms with E-state index in [9.17, 15) is 4.39 Å². The molecule has 1 nitrogen and oxygen atoms in total. The van der Waals surface area contributed by atoms with Crippen molar-refractivity contribution in [3.8, 4) is 0 Å². The molecular formula is C16H17ClFN. The van der Waals surface area contributed by atoms with Gasteiger partial charge in [-0.1, -0.05) is 41.9 Å². The minimum absolute atomic E-state index is 0.177. The number of halogens is 2. The first-order valence-corrected chi connectivity index (χ1v) is 6.68. The lowest BCUT2D eigenvalue weighted by molar-refractivity contribution is 0.543. The predicted octanol–water partition coefficient (Wildman–Crippen LogP) is 4.64. The van der Waals surface area contributed by atoms with Gasteiger partial charge in [0.25, 0.3) is 0 Å². The molecule has 0 aliphatic heterocycles. The van der Waals surface area contributed by atoms with Gasteiger partial charge in [0, 0.05) is 23.2 Å². The Balaban J connectivity index is 2.04. The fourth-order valence-corrected chi connectivity index (χ4v) is 2.27. The van der Waals surface area contributed by atoms with Crippen molar-refractivity contribution in [3.05, 3.63) is 70.0 Å². The summed E-state index contributed by atoms with van der Waals surface area (Å²) >= 11 is 5.74. The largest absolute Gasteiger partial charge is 0.306 e. The third kappa shape index (κ3) is 3.55. The maximum absolute atomic E-state index is 13.7. The smallest absolute Gasteiger partial charge is 0.129 e. The summed E-state index contributed by atoms with van der Waals surface area (Å²) in [7, 11) is 0. The Morgan fingerprint density at radius 2 is 1.95 bits per heavy atom. The monoisotopic (exact) mass is 277 g/mol. The molecule has 0 spiro atoms. The van der Waals surface area contributed by atoms with Gasteiger partial charge in [-0.15, -0.1) is 0 Å². The van der Waals surface area contributed by atoms with Crippen molar-refractivity contribution in [2.45, 2.75) is 26.4 Å². The first-order chi connectivity index (χ1) is 9.08. The maximum Gasteiger partial charge on any atom is 0.129 e. The molecule has 0 unspecified atom stereocenters. The average Bonchev–Trinajstić information content (AvgIpc) is 2.38. The van der Waals surface area contributed by atoms with Crippen LogP contribution in [0.4, 0.5) is 4.39 Å². The van der Waals surface area contributed by atoms with Crippen LogP contribution in [0.25, 0.3) is 0 Å². The van der Waals surface area contributed by atoms with Crippen molar-refractivity contribution < 1.29 is 4.39 Å². The molecule has 0 radical (unpaired) electrons. The molecule has 0 bridgehead atoms. The molecule has 3 heteroatoms. The van der Waals surface area contributed by atoms with Crippen LogP contribution in [0.1, 0.15) is 29.7 Å². The van der Waals surface area contributed by atoms with Gasteiger partial charge in [0.1, 0.15) is 5.82 Å². The number of hydrogen-bond acceptors (Lipinski definition) is 1. The van der Waals surface area contributed by atoms with Crippen LogP contribution in [-0.2, 0) is 6.54 Å². The van der Waals surface area contributed by atoms with Gasteiger partial charge in [-0.25, -0.2) is 4.39 Å². The Morgan fingerprint density at radius 1 is 1.21 bits per heavy atom. The Morgan fingerprint density at radius 3 is 2.63 bits per heavy atom. The zero-order chi connectivity index (χ0) is 13.8. The summed E-state index contributed by atoms with van der Waals surface area (Å²) in [5.74, 6) is -0.267. The third-order valence-corrected chi connectivity index (χ3v) is 3.50. The van der Waals surface area contributed by atoms with E-state index in [1.54, 1.807) is 12.1 Å². The van der Waals surface area contributed by atoms with Crippen LogP contribution in [0, 0.1) is 12.7 Å². The second-order valence-electron chi connectivity index (χ2n) is 4.69. The van der Waals surface area contributed by atoms with Crippen LogP contribution in [0.5, 0.6) is 0 Å². The van der Waals surface area contributed by atoms with E-state index in [-0.39, 0.29) is 11.9 Å². The fraction of sp³-hybridized carbons (Fsp3) is 0.250. The second kappa shape index (κ2) is 6.18. The van der Waals surface area contributed by atoms with Crippen molar-refractivity contribution in [2.75, 3.05) is 0 Å². The highest BCUT2D eigenvalue weighted by Crippen LogP contribution is 2.19. The van der Waals surface area contributed by atoms with Crippen LogP contribution in [0.15, 0.2) is 42.5 Å². The summed E-state index contributed by atoms with van der Waals surface area (Å²) in [5, 5.41) is 3.76. The van der Waals surface area contributed by atoms with Crippen LogP contribution in [0.3, 0.4) is 0 Å². The number of benzene rings is 2. The number of nitrogens with one attached hydrogen (secondary N) is 1. The Kier molecular flexibility index (Phi) is 4.56. The molecule has 0 saturated heterocycles. The molecule has 2 rings (SSSR count). The minimum atomic E-state index is -0.267. The highest BCUT2D eigenvalue weighted by molar-refractivity contribution is 6.30. The molecule has 1 atom stereocenters. The quantitative estimate of drug-likeness (QED) is 0.858. The molecule has 1 N–H and O–H groups in total. The van der Waals surface area contributed by atoms with Gasteiger partial charge in [0.05, 0.1) is 0 Å². The van der Waals surface area contributed by atoms with E-state index >= 15 is 0 Å². The first-order valence-electron chi connectivity index (χ1n) is 6.31. The third-order valence-electron chi connectivity index (χ3n) is 3.27. The van der Waals surface area contributed by atoms with Gasteiger partial charge in [-0.2, -0.15) is 0 Å². The molecule has 0 saturated carbocycles. The summed E-state index contributed by atoms with van der Waals surface area (Å²) in [6, 6.07) is 13.2. The Labute approximate surface area is 118 Å². The van der Waals surface area contributed by atoms with Gasteiger partial charge < -0.3 is 5.32 Å². The molecule has 19 heavy (non-hydrogen) atoms. The summed E-state index contributed by atoms with van der Waals surface area (Å²) in [5.41, 5.74) is 3.10. The summed E-state index contributed by atoms with van der Waals surface area (Å²) in [4.78, 5) is 0. The number of hydrogen-bond donors (Lipinski definition) is 1. The van der Waals surface area contributed by atoms with E-state index in [2.05, 4.69) is 31.3 Å². The maximum atomic E-state index is 13.7. The molecule has 0 amide bonds. The predicted molar refractivity (Wildman–Crippen MR) is 77.8 cm³/mol. The van der Waals surface area contributed by atoms with Gasteiger partial charge in [0.2, 0.25) is 0 Å². The van der Waals surface area contributed by atoms with Crippen molar-refractivity contribution in [1.82, 2.24) is 5.32 Å². The molecular weight excluding hydrogens is 261 g/mol. The van der Waals surface area contributed by atoms with Crippen molar-refractivity contribution >= 4 is 11.6 Å². The standard InChI is InChI=1S/C16H17ClFN/c1-11-5-3-4-6-15(11)12(2)19-10-13-7-8-14(17)9-16(13)18/h3-9,12,19H,10H2,1-2H3/t12-/m0/s1. The van der Waals surface area contributed by atoms with Crippen LogP contribution in [0.2, 0.25) is 5.02 Å². The van der Waals surface area contributed by atoms with E-state index < -0.39 is 0 Å². The van der Waals surface area contributed by atoms with Crippen molar-refractivity contribution in [3.63, 3.8) is 0 Å². The van der Waals surface area contributed by atoms with E-state index in [1.807, 2.05) is 12.1 Å². The SMILES string of the molecule is Cc1ccccc1[C@H](C)NCc1ccc(Cl)cc1F. The molecule has 0 aliphatic rings. The minimum Gasteiger partial charge on any atom is -0.306 e. The molecule has 0 fully saturated rings. The van der Waals surface area contributed by atoms with Gasteiger partial charge >= 0.3 is 0 Å². The van der Waals surface area contributed by atoms with E-state index in [1.165, 1.54) is 17.2 Å². The lowest BCUT2D eigenvalue weighted by Crippen LogP contribution is -2.19. The topological polar surface area (TPSA) is 12.0 Å². The van der Waals surface area contributed by atoms with E-state index in [4.69, 9.17) is 11.6 Å². The normalized spacial score (nSPS) is 12.4. The second-order valence-corrected chi connectivity index (χ2v) is 5.13. The number of rotatable bonds is 4. The lowest BCUT2D eigenvalue weighted by atomic mass is 10.0. The van der Waals surface area contributed by atoms with E-state index in [0.29, 0.717) is 17.1 Å². The highest BCUT2D eigenvalue weighted by atomic mass is 35.5. The van der Waals surface area contributed by atoms with Crippen molar-refractivity contribution in [2.24, 2.45) is 0 Å². The molecule has 0 aliphatic carbocycles. The molecule has 2 aromatic carbocycles. The van der Waals surface area contributed by atoms with Gasteiger partial charge in [0.15, 0.2) is 0 Å².